The summed E-state index contributed by atoms with van der Waals surface area (Å²) in [5, 5.41) is 0.716. The fourth-order valence-electron chi connectivity index (χ4n) is 2.70. The fourth-order valence-corrected chi connectivity index (χ4v) is 3.24. The molecule has 120 valence electrons. The Kier molecular flexibility index (Phi) is 5.83. The maximum absolute atomic E-state index is 12.9. The first kappa shape index (κ1) is 16.8. The van der Waals surface area contributed by atoms with Crippen LogP contribution >= 0.6 is 11.8 Å². The van der Waals surface area contributed by atoms with Crippen LogP contribution in [0, 0.1) is 0 Å². The van der Waals surface area contributed by atoms with Gasteiger partial charge < -0.3 is 9.80 Å². The third kappa shape index (κ3) is 3.43. The monoisotopic (exact) mass is 321 g/mol. The standard InChI is InChI=1S/C16H23N3O2S/c1-4-5-8-13-16(21)18(2)10-11-19(13)15(20)12-7-6-9-17-14(12)22-3/h6-7,9,13H,4-5,8,10-11H2,1-3H3. The van der Waals surface area contributed by atoms with Crippen molar-refractivity contribution in [1.82, 2.24) is 14.8 Å². The van der Waals surface area contributed by atoms with Crippen LogP contribution in [-0.2, 0) is 4.79 Å². The molecule has 22 heavy (non-hydrogen) atoms. The molecule has 0 saturated carbocycles. The third-order valence-electron chi connectivity index (χ3n) is 4.00. The highest BCUT2D eigenvalue weighted by molar-refractivity contribution is 7.98. The van der Waals surface area contributed by atoms with Crippen molar-refractivity contribution in [3.8, 4) is 0 Å². The number of amides is 2. The highest BCUT2D eigenvalue weighted by atomic mass is 32.2. The number of carbonyl (C=O) groups excluding carboxylic acids is 2. The van der Waals surface area contributed by atoms with Gasteiger partial charge in [-0.2, -0.15) is 0 Å². The van der Waals surface area contributed by atoms with Gasteiger partial charge in [-0.1, -0.05) is 19.8 Å². The first-order chi connectivity index (χ1) is 10.6. The number of hydrogen-bond acceptors (Lipinski definition) is 4. The van der Waals surface area contributed by atoms with Crippen LogP contribution in [0.15, 0.2) is 23.4 Å². The number of nitrogens with zero attached hydrogens (tertiary/aromatic N) is 3. The van der Waals surface area contributed by atoms with Crippen molar-refractivity contribution in [1.29, 1.82) is 0 Å². The maximum Gasteiger partial charge on any atom is 0.257 e. The number of pyridine rings is 1. The molecule has 2 amide bonds. The lowest BCUT2D eigenvalue weighted by atomic mass is 10.0. The van der Waals surface area contributed by atoms with Crippen molar-refractivity contribution in [3.05, 3.63) is 23.9 Å². The smallest absolute Gasteiger partial charge is 0.257 e. The molecule has 1 aliphatic heterocycles. The van der Waals surface area contributed by atoms with E-state index in [0.29, 0.717) is 23.7 Å². The normalized spacial score (nSPS) is 18.7. The topological polar surface area (TPSA) is 53.5 Å². The van der Waals surface area contributed by atoms with Crippen molar-refractivity contribution < 1.29 is 9.59 Å². The number of rotatable bonds is 5. The SMILES string of the molecule is CCCCC1C(=O)N(C)CCN1C(=O)c1cccnc1SC. The number of thioether (sulfide) groups is 1. The van der Waals surface area contributed by atoms with Crippen molar-refractivity contribution in [2.24, 2.45) is 0 Å². The van der Waals surface area contributed by atoms with Crippen LogP contribution in [0.2, 0.25) is 0 Å². The summed E-state index contributed by atoms with van der Waals surface area (Å²) in [6.07, 6.45) is 6.27. The van der Waals surface area contributed by atoms with Gasteiger partial charge in [-0.3, -0.25) is 9.59 Å². The zero-order chi connectivity index (χ0) is 16.1. The lowest BCUT2D eigenvalue weighted by molar-refractivity contribution is -0.138. The van der Waals surface area contributed by atoms with Crippen LogP contribution < -0.4 is 0 Å². The van der Waals surface area contributed by atoms with E-state index in [2.05, 4.69) is 11.9 Å². The van der Waals surface area contributed by atoms with Crippen molar-refractivity contribution >= 4 is 23.6 Å². The number of aromatic nitrogens is 1. The van der Waals surface area contributed by atoms with Crippen molar-refractivity contribution in [2.75, 3.05) is 26.4 Å². The van der Waals surface area contributed by atoms with E-state index in [1.165, 1.54) is 11.8 Å². The Bertz CT molecular complexity index is 550. The van der Waals surface area contributed by atoms with Crippen LogP contribution in [0.1, 0.15) is 36.5 Å². The predicted octanol–water partition coefficient (Wildman–Crippen LogP) is 2.28. The van der Waals surface area contributed by atoms with Gasteiger partial charge in [0.2, 0.25) is 5.91 Å². The molecule has 0 bridgehead atoms. The van der Waals surface area contributed by atoms with Gasteiger partial charge in [-0.25, -0.2) is 4.98 Å². The molecule has 1 fully saturated rings. The lowest BCUT2D eigenvalue weighted by Crippen LogP contribution is -2.57. The number of hydrogen-bond donors (Lipinski definition) is 0. The summed E-state index contributed by atoms with van der Waals surface area (Å²) in [5.41, 5.74) is 0.592. The van der Waals surface area contributed by atoms with E-state index in [4.69, 9.17) is 0 Å². The minimum absolute atomic E-state index is 0.0441. The van der Waals surface area contributed by atoms with Crippen LogP contribution in [0.5, 0.6) is 0 Å². The maximum atomic E-state index is 12.9. The molecule has 0 aliphatic carbocycles. The fraction of sp³-hybridized carbons (Fsp3) is 0.562. The second-order valence-electron chi connectivity index (χ2n) is 5.48. The molecule has 1 atom stereocenters. The van der Waals surface area contributed by atoms with Crippen molar-refractivity contribution in [2.45, 2.75) is 37.3 Å². The van der Waals surface area contributed by atoms with E-state index in [1.54, 1.807) is 35.2 Å². The second kappa shape index (κ2) is 7.63. The van der Waals surface area contributed by atoms with E-state index < -0.39 is 0 Å². The molecule has 0 N–H and O–H groups in total. The predicted molar refractivity (Wildman–Crippen MR) is 88.0 cm³/mol. The molecule has 2 rings (SSSR count). The highest BCUT2D eigenvalue weighted by Gasteiger charge is 2.36. The average molecular weight is 321 g/mol. The Balaban J connectivity index is 2.27. The molecular formula is C16H23N3O2S. The van der Waals surface area contributed by atoms with Gasteiger partial charge in [0.15, 0.2) is 0 Å². The molecule has 1 aromatic rings. The van der Waals surface area contributed by atoms with E-state index >= 15 is 0 Å². The van der Waals surface area contributed by atoms with Crippen LogP contribution in [0.3, 0.4) is 0 Å². The Morgan fingerprint density at radius 2 is 2.23 bits per heavy atom. The zero-order valence-electron chi connectivity index (χ0n) is 13.4. The van der Waals surface area contributed by atoms with Crippen LogP contribution in [0.25, 0.3) is 0 Å². The number of piperazine rings is 1. The first-order valence-corrected chi connectivity index (χ1v) is 8.87. The Morgan fingerprint density at radius 3 is 2.91 bits per heavy atom. The minimum atomic E-state index is -0.346. The Labute approximate surface area is 136 Å². The van der Waals surface area contributed by atoms with E-state index in [1.807, 2.05) is 6.26 Å². The molecule has 1 aromatic heterocycles. The van der Waals surface area contributed by atoms with Gasteiger partial charge >= 0.3 is 0 Å². The van der Waals surface area contributed by atoms with Crippen molar-refractivity contribution in [3.63, 3.8) is 0 Å². The molecule has 1 unspecified atom stereocenters. The minimum Gasteiger partial charge on any atom is -0.342 e. The summed E-state index contributed by atoms with van der Waals surface area (Å²) >= 11 is 1.45. The molecule has 1 aliphatic rings. The summed E-state index contributed by atoms with van der Waals surface area (Å²) in [6.45, 7) is 3.26. The van der Waals surface area contributed by atoms with Gasteiger partial charge in [-0.05, 0) is 24.8 Å². The summed E-state index contributed by atoms with van der Waals surface area (Å²) < 4.78 is 0. The summed E-state index contributed by atoms with van der Waals surface area (Å²) in [6, 6.07) is 3.22. The number of likely N-dealkylation sites (N-methyl/N-ethyl adjacent to an activating group) is 1. The molecule has 2 heterocycles. The molecule has 0 aromatic carbocycles. The Hall–Kier alpha value is -1.56. The quantitative estimate of drug-likeness (QED) is 0.781. The summed E-state index contributed by atoms with van der Waals surface area (Å²) in [7, 11) is 1.81. The van der Waals surface area contributed by atoms with E-state index in [0.717, 1.165) is 19.3 Å². The Morgan fingerprint density at radius 1 is 1.45 bits per heavy atom. The molecular weight excluding hydrogens is 298 g/mol. The molecule has 5 nitrogen and oxygen atoms in total. The molecule has 0 spiro atoms. The molecule has 1 saturated heterocycles. The van der Waals surface area contributed by atoms with Gasteiger partial charge in [0.05, 0.1) is 5.56 Å². The summed E-state index contributed by atoms with van der Waals surface area (Å²) in [4.78, 5) is 33.1. The number of carbonyl (C=O) groups is 2. The molecule has 6 heteroatoms. The first-order valence-electron chi connectivity index (χ1n) is 7.65. The van der Waals surface area contributed by atoms with Crippen LogP contribution in [-0.4, -0.2) is 59.0 Å². The molecule has 0 radical (unpaired) electrons. The number of unbranched alkanes of at least 4 members (excludes halogenated alkanes) is 1. The average Bonchev–Trinajstić information content (AvgIpc) is 2.55. The second-order valence-corrected chi connectivity index (χ2v) is 6.27. The van der Waals surface area contributed by atoms with E-state index in [9.17, 15) is 9.59 Å². The summed E-state index contributed by atoms with van der Waals surface area (Å²) in [5.74, 6) is -0.0392. The zero-order valence-corrected chi connectivity index (χ0v) is 14.2. The van der Waals surface area contributed by atoms with Gasteiger partial charge in [0, 0.05) is 26.3 Å². The van der Waals surface area contributed by atoms with Crippen LogP contribution in [0.4, 0.5) is 0 Å². The van der Waals surface area contributed by atoms with Gasteiger partial charge in [0.1, 0.15) is 11.1 Å². The lowest BCUT2D eigenvalue weighted by Gasteiger charge is -2.39. The van der Waals surface area contributed by atoms with Gasteiger partial charge in [-0.15, -0.1) is 11.8 Å². The largest absolute Gasteiger partial charge is 0.342 e. The van der Waals surface area contributed by atoms with E-state index in [-0.39, 0.29) is 17.9 Å². The van der Waals surface area contributed by atoms with Gasteiger partial charge in [0.25, 0.3) is 5.91 Å². The highest BCUT2D eigenvalue weighted by Crippen LogP contribution is 2.23. The third-order valence-corrected chi connectivity index (χ3v) is 4.71.